The molecule has 3 N–H and O–H groups in total. The molecular weight excluding hydrogens is 495 g/mol. The maximum Gasteiger partial charge on any atom is 0.335 e. The minimum atomic E-state index is -0.978. The van der Waals surface area contributed by atoms with E-state index in [2.05, 4.69) is 33.2 Å². The zero-order chi connectivity index (χ0) is 20.3. The number of hydrogen-bond acceptors (Lipinski definition) is 5. The summed E-state index contributed by atoms with van der Waals surface area (Å²) in [6.45, 7) is 0.276. The molecule has 0 atom stereocenters. The van der Waals surface area contributed by atoms with E-state index in [4.69, 9.17) is 22.1 Å². The molecule has 0 aliphatic carbocycles. The van der Waals surface area contributed by atoms with Crippen LogP contribution in [0.1, 0.15) is 21.5 Å². The smallest absolute Gasteiger partial charge is 0.335 e. The average Bonchev–Trinajstić information content (AvgIpc) is 2.64. The molecule has 1 heterocycles. The molecule has 1 saturated heterocycles. The largest absolute Gasteiger partial charge is 0.488 e. The van der Waals surface area contributed by atoms with Crippen molar-refractivity contribution < 1.29 is 24.2 Å². The predicted molar refractivity (Wildman–Crippen MR) is 114 cm³/mol. The van der Waals surface area contributed by atoms with Gasteiger partial charge < -0.3 is 9.84 Å². The lowest BCUT2D eigenvalue weighted by atomic mass is 10.1. The summed E-state index contributed by atoms with van der Waals surface area (Å²) in [4.78, 5) is 34.7. The molecule has 0 bridgehead atoms. The first-order chi connectivity index (χ1) is 13.3. The second-order valence-electron chi connectivity index (χ2n) is 5.78. The van der Waals surface area contributed by atoms with Crippen LogP contribution in [-0.4, -0.2) is 28.0 Å². The Hall–Kier alpha value is -2.79. The number of carbonyl (C=O) groups is 3. The van der Waals surface area contributed by atoms with E-state index in [1.165, 1.54) is 18.2 Å². The summed E-state index contributed by atoms with van der Waals surface area (Å²) in [7, 11) is 0. The lowest BCUT2D eigenvalue weighted by molar-refractivity contribution is -0.123. The molecule has 0 spiro atoms. The topological polar surface area (TPSA) is 105 Å². The third kappa shape index (κ3) is 4.73. The van der Waals surface area contributed by atoms with Gasteiger partial charge in [0.05, 0.1) is 9.13 Å². The van der Waals surface area contributed by atoms with Crippen LogP contribution < -0.4 is 15.4 Å². The summed E-state index contributed by atoms with van der Waals surface area (Å²) in [6.07, 6.45) is 1.48. The summed E-state index contributed by atoms with van der Waals surface area (Å²) in [5, 5.41) is 13.7. The Morgan fingerprint density at radius 3 is 2.32 bits per heavy atom. The Labute approximate surface area is 178 Å². The molecule has 1 aliphatic heterocycles. The van der Waals surface area contributed by atoms with Crippen molar-refractivity contribution in [1.82, 2.24) is 10.6 Å². The molecule has 2 aromatic rings. The minimum Gasteiger partial charge on any atom is -0.488 e. The molecule has 0 radical (unpaired) electrons. The standard InChI is InChI=1S/C19H13IN2O5S/c20-14-8-11(7-13-16(23)21-19(28)22-17(13)24)3-6-15(14)27-9-10-1-4-12(5-2-10)18(25)26/h1-8H,9H2,(H,25,26)(H2,21,22,23,24,28). The maximum absolute atomic E-state index is 11.9. The van der Waals surface area contributed by atoms with E-state index in [0.717, 1.165) is 9.13 Å². The number of carboxylic acid groups (broad SMARTS) is 1. The van der Waals surface area contributed by atoms with Gasteiger partial charge in [-0.2, -0.15) is 0 Å². The van der Waals surface area contributed by atoms with Crippen LogP contribution in [0.5, 0.6) is 5.75 Å². The van der Waals surface area contributed by atoms with Crippen LogP contribution in [0.4, 0.5) is 0 Å². The lowest BCUT2D eigenvalue weighted by Crippen LogP contribution is -2.51. The fourth-order valence-electron chi connectivity index (χ4n) is 2.40. The summed E-state index contributed by atoms with van der Waals surface area (Å²) < 4.78 is 6.57. The van der Waals surface area contributed by atoms with Crippen LogP contribution in [0.15, 0.2) is 48.0 Å². The normalized spacial score (nSPS) is 13.6. The molecule has 0 aromatic heterocycles. The van der Waals surface area contributed by atoms with Gasteiger partial charge in [-0.25, -0.2) is 4.79 Å². The number of thiocarbonyl (C=S) groups is 1. The zero-order valence-electron chi connectivity index (χ0n) is 14.2. The Bertz CT molecular complexity index is 995. The lowest BCUT2D eigenvalue weighted by Gasteiger charge is -2.16. The Kier molecular flexibility index (Phi) is 6.05. The molecule has 0 saturated carbocycles. The number of ether oxygens (including phenoxy) is 1. The van der Waals surface area contributed by atoms with Gasteiger partial charge in [0.25, 0.3) is 11.8 Å². The van der Waals surface area contributed by atoms with Gasteiger partial charge in [0.2, 0.25) is 0 Å². The summed E-state index contributed by atoms with van der Waals surface area (Å²) in [5.41, 5.74) is 1.68. The average molecular weight is 508 g/mol. The van der Waals surface area contributed by atoms with Crippen molar-refractivity contribution in [3.63, 3.8) is 0 Å². The van der Waals surface area contributed by atoms with Gasteiger partial charge in [-0.1, -0.05) is 18.2 Å². The van der Waals surface area contributed by atoms with Crippen LogP contribution in [-0.2, 0) is 16.2 Å². The first kappa shape index (κ1) is 20.0. The highest BCUT2D eigenvalue weighted by molar-refractivity contribution is 14.1. The van der Waals surface area contributed by atoms with Gasteiger partial charge in [0.15, 0.2) is 5.11 Å². The Morgan fingerprint density at radius 2 is 1.75 bits per heavy atom. The quantitative estimate of drug-likeness (QED) is 0.248. The van der Waals surface area contributed by atoms with E-state index >= 15 is 0 Å². The predicted octanol–water partition coefficient (Wildman–Crippen LogP) is 2.48. The molecule has 1 fully saturated rings. The number of carboxylic acids is 1. The number of rotatable bonds is 5. The van der Waals surface area contributed by atoms with Crippen molar-refractivity contribution >= 4 is 63.8 Å². The number of benzene rings is 2. The molecule has 7 nitrogen and oxygen atoms in total. The first-order valence-corrected chi connectivity index (χ1v) is 9.45. The Balaban J connectivity index is 1.71. The molecule has 142 valence electrons. The van der Waals surface area contributed by atoms with Gasteiger partial charge in [0, 0.05) is 0 Å². The third-order valence-corrected chi connectivity index (χ3v) is 4.85. The van der Waals surface area contributed by atoms with Gasteiger partial charge in [-0.05, 0) is 76.3 Å². The van der Waals surface area contributed by atoms with E-state index < -0.39 is 17.8 Å². The van der Waals surface area contributed by atoms with Crippen LogP contribution in [0.3, 0.4) is 0 Å². The summed E-state index contributed by atoms with van der Waals surface area (Å²) in [5.74, 6) is -1.44. The molecule has 28 heavy (non-hydrogen) atoms. The third-order valence-electron chi connectivity index (χ3n) is 3.81. The van der Waals surface area contributed by atoms with Gasteiger partial charge in [-0.15, -0.1) is 0 Å². The molecule has 0 unspecified atom stereocenters. The van der Waals surface area contributed by atoms with Crippen LogP contribution >= 0.6 is 34.8 Å². The van der Waals surface area contributed by atoms with Crippen LogP contribution in [0.2, 0.25) is 0 Å². The van der Waals surface area contributed by atoms with Gasteiger partial charge >= 0.3 is 5.97 Å². The number of carbonyl (C=O) groups excluding carboxylic acids is 2. The van der Waals surface area contributed by atoms with E-state index in [9.17, 15) is 14.4 Å². The molecule has 1 aliphatic rings. The van der Waals surface area contributed by atoms with Gasteiger partial charge in [0.1, 0.15) is 17.9 Å². The van der Waals surface area contributed by atoms with Gasteiger partial charge in [-0.3, -0.25) is 20.2 Å². The van der Waals surface area contributed by atoms with Crippen molar-refractivity contribution in [2.75, 3.05) is 0 Å². The molecule has 2 aromatic carbocycles. The fraction of sp³-hybridized carbons (Fsp3) is 0.0526. The van der Waals surface area contributed by atoms with Crippen molar-refractivity contribution in [2.45, 2.75) is 6.61 Å². The van der Waals surface area contributed by atoms with Crippen LogP contribution in [0, 0.1) is 3.57 Å². The van der Waals surface area contributed by atoms with Crippen molar-refractivity contribution in [2.24, 2.45) is 0 Å². The number of amides is 2. The maximum atomic E-state index is 11.9. The van der Waals surface area contributed by atoms with Crippen molar-refractivity contribution in [3.8, 4) is 5.75 Å². The number of nitrogens with one attached hydrogen (secondary N) is 2. The number of aromatic carboxylic acids is 1. The summed E-state index contributed by atoms with van der Waals surface area (Å²) >= 11 is 6.86. The Morgan fingerprint density at radius 1 is 1.11 bits per heavy atom. The molecule has 9 heteroatoms. The fourth-order valence-corrected chi connectivity index (χ4v) is 3.28. The van der Waals surface area contributed by atoms with Crippen LogP contribution in [0.25, 0.3) is 6.08 Å². The highest BCUT2D eigenvalue weighted by Gasteiger charge is 2.25. The minimum absolute atomic E-state index is 0.0122. The highest BCUT2D eigenvalue weighted by Crippen LogP contribution is 2.24. The molecule has 2 amide bonds. The van der Waals surface area contributed by atoms with E-state index in [1.807, 2.05) is 0 Å². The second kappa shape index (κ2) is 8.48. The first-order valence-electron chi connectivity index (χ1n) is 7.96. The molecule has 3 rings (SSSR count). The second-order valence-corrected chi connectivity index (χ2v) is 7.35. The molecular formula is C19H13IN2O5S. The van der Waals surface area contributed by atoms with Crippen molar-refractivity contribution in [3.05, 3.63) is 68.3 Å². The van der Waals surface area contributed by atoms with E-state index in [-0.39, 0.29) is 22.9 Å². The van der Waals surface area contributed by atoms with Crippen molar-refractivity contribution in [1.29, 1.82) is 0 Å². The van der Waals surface area contributed by atoms with E-state index in [1.54, 1.807) is 30.3 Å². The zero-order valence-corrected chi connectivity index (χ0v) is 17.2. The monoisotopic (exact) mass is 508 g/mol. The highest BCUT2D eigenvalue weighted by atomic mass is 127. The SMILES string of the molecule is O=C1NC(=S)NC(=O)C1=Cc1ccc(OCc2ccc(C(=O)O)cc2)c(I)c1. The number of hydrogen-bond donors (Lipinski definition) is 3. The number of halogens is 1. The van der Waals surface area contributed by atoms with E-state index in [0.29, 0.717) is 11.3 Å². The summed E-state index contributed by atoms with van der Waals surface area (Å²) in [6, 6.07) is 11.7.